The van der Waals surface area contributed by atoms with E-state index in [1.54, 1.807) is 0 Å². The number of allylic oxidation sites excluding steroid dienone is 7. The molecule has 0 bridgehead atoms. The highest BCUT2D eigenvalue weighted by Crippen LogP contribution is 2.30. The summed E-state index contributed by atoms with van der Waals surface area (Å²) in [6.07, 6.45) is 29.4. The Balaban J connectivity index is 2.30. The molecule has 1 rings (SSSR count). The number of unbranched alkanes of at least 4 members (excludes halogenated alkanes) is 7. The van der Waals surface area contributed by atoms with E-state index in [1.165, 1.54) is 62.5 Å². The van der Waals surface area contributed by atoms with Crippen LogP contribution >= 0.6 is 15.9 Å². The van der Waals surface area contributed by atoms with Crippen molar-refractivity contribution >= 4 is 15.9 Å². The maximum atomic E-state index is 6.24. The molecule has 1 nitrogen and oxygen atoms in total. The maximum Gasteiger partial charge on any atom is 0.0872 e. The second-order valence-electron chi connectivity index (χ2n) is 9.78. The van der Waals surface area contributed by atoms with Crippen LogP contribution in [0.4, 0.5) is 0 Å². The van der Waals surface area contributed by atoms with Crippen molar-refractivity contribution in [2.45, 2.75) is 104 Å². The highest BCUT2D eigenvalue weighted by molar-refractivity contribution is 9.09. The third kappa shape index (κ3) is 13.3. The molecule has 0 fully saturated rings. The van der Waals surface area contributed by atoms with Crippen molar-refractivity contribution < 1.29 is 4.74 Å². The molecule has 0 aliphatic heterocycles. The van der Waals surface area contributed by atoms with Gasteiger partial charge in [0.25, 0.3) is 0 Å². The molecule has 0 spiro atoms. The topological polar surface area (TPSA) is 9.23 Å². The predicted octanol–water partition coefficient (Wildman–Crippen LogP) is 9.66. The van der Waals surface area contributed by atoms with Gasteiger partial charge < -0.3 is 4.74 Å². The Labute approximate surface area is 201 Å². The van der Waals surface area contributed by atoms with Gasteiger partial charge in [-0.15, -0.1) is 6.58 Å². The zero-order chi connectivity index (χ0) is 23.0. The molecule has 0 aromatic rings. The monoisotopic (exact) mass is 490 g/mol. The molecule has 0 radical (unpaired) electrons. The average Bonchev–Trinajstić information content (AvgIpc) is 2.74. The summed E-state index contributed by atoms with van der Waals surface area (Å²) >= 11 is 3.50. The van der Waals surface area contributed by atoms with E-state index in [0.29, 0.717) is 0 Å². The second kappa shape index (κ2) is 15.9. The molecular weight excluding hydrogens is 444 g/mol. The van der Waals surface area contributed by atoms with E-state index in [9.17, 15) is 0 Å². The first kappa shape index (κ1) is 28.2. The lowest BCUT2D eigenvalue weighted by Gasteiger charge is -2.28. The Morgan fingerprint density at radius 2 is 1.77 bits per heavy atom. The van der Waals surface area contributed by atoms with Gasteiger partial charge >= 0.3 is 0 Å². The molecule has 1 aliphatic carbocycles. The number of ether oxygens (including phenoxy) is 1. The van der Waals surface area contributed by atoms with Crippen molar-refractivity contribution in [2.75, 3.05) is 11.9 Å². The van der Waals surface area contributed by atoms with Crippen LogP contribution in [0, 0.1) is 5.41 Å². The van der Waals surface area contributed by atoms with Crippen LogP contribution in [0.2, 0.25) is 0 Å². The third-order valence-electron chi connectivity index (χ3n) is 6.19. The van der Waals surface area contributed by atoms with Gasteiger partial charge in [-0.25, -0.2) is 0 Å². The van der Waals surface area contributed by atoms with E-state index in [2.05, 4.69) is 92.7 Å². The van der Waals surface area contributed by atoms with Crippen molar-refractivity contribution in [1.29, 1.82) is 0 Å². The van der Waals surface area contributed by atoms with E-state index in [4.69, 9.17) is 4.74 Å². The van der Waals surface area contributed by atoms with Crippen LogP contribution in [-0.2, 0) is 4.74 Å². The molecule has 0 heterocycles. The van der Waals surface area contributed by atoms with Crippen LogP contribution in [-0.4, -0.2) is 17.5 Å². The van der Waals surface area contributed by atoms with Crippen LogP contribution in [0.15, 0.2) is 60.3 Å². The summed E-state index contributed by atoms with van der Waals surface area (Å²) in [6, 6.07) is 0. The first-order chi connectivity index (χ1) is 14.8. The molecule has 2 atom stereocenters. The van der Waals surface area contributed by atoms with Gasteiger partial charge in [0, 0.05) is 17.4 Å². The Morgan fingerprint density at radius 1 is 1.13 bits per heavy atom. The fraction of sp³-hybridized carbons (Fsp3) is 0.655. The van der Waals surface area contributed by atoms with Crippen molar-refractivity contribution in [3.63, 3.8) is 0 Å². The predicted molar refractivity (Wildman–Crippen MR) is 143 cm³/mol. The largest absolute Gasteiger partial charge is 0.371 e. The minimum Gasteiger partial charge on any atom is -0.371 e. The number of alkyl halides is 1. The summed E-state index contributed by atoms with van der Waals surface area (Å²) in [5.41, 5.74) is 2.54. The maximum absolute atomic E-state index is 6.24. The third-order valence-corrected chi connectivity index (χ3v) is 6.75. The number of hydrogen-bond donors (Lipinski definition) is 0. The summed E-state index contributed by atoms with van der Waals surface area (Å²) < 4.78 is 6.24. The Morgan fingerprint density at radius 3 is 2.32 bits per heavy atom. The Hall–Kier alpha value is -0.860. The fourth-order valence-corrected chi connectivity index (χ4v) is 4.13. The van der Waals surface area contributed by atoms with Crippen molar-refractivity contribution in [1.82, 2.24) is 0 Å². The number of rotatable bonds is 17. The highest BCUT2D eigenvalue weighted by atomic mass is 79.9. The van der Waals surface area contributed by atoms with Gasteiger partial charge in [-0.2, -0.15) is 0 Å². The second-order valence-corrected chi connectivity index (χ2v) is 10.6. The van der Waals surface area contributed by atoms with Gasteiger partial charge in [0.2, 0.25) is 0 Å². The lowest BCUT2D eigenvalue weighted by molar-refractivity contribution is 0.00472. The lowest BCUT2D eigenvalue weighted by atomic mass is 9.84. The zero-order valence-corrected chi connectivity index (χ0v) is 22.3. The molecule has 0 N–H and O–H groups in total. The van der Waals surface area contributed by atoms with Crippen LogP contribution in [0.25, 0.3) is 0 Å². The molecule has 0 aromatic heterocycles. The van der Waals surface area contributed by atoms with Gasteiger partial charge in [-0.3, -0.25) is 0 Å². The van der Waals surface area contributed by atoms with Gasteiger partial charge in [0.15, 0.2) is 0 Å². The SMILES string of the molecule is C=CC(C)(/C=C/C1=CCC(C)(OCCCCCCCCCCBr)C=C1)CCC=C(C)C. The molecule has 31 heavy (non-hydrogen) atoms. The highest BCUT2D eigenvalue weighted by Gasteiger charge is 2.23. The van der Waals surface area contributed by atoms with Gasteiger partial charge in [-0.1, -0.05) is 109 Å². The summed E-state index contributed by atoms with van der Waals surface area (Å²) in [6.45, 7) is 13.7. The number of hydrogen-bond acceptors (Lipinski definition) is 1. The smallest absolute Gasteiger partial charge is 0.0872 e. The first-order valence-corrected chi connectivity index (χ1v) is 13.5. The number of halogens is 1. The van der Waals surface area contributed by atoms with Crippen LogP contribution in [0.3, 0.4) is 0 Å². The molecule has 1 aliphatic rings. The van der Waals surface area contributed by atoms with Crippen molar-refractivity contribution in [3.8, 4) is 0 Å². The van der Waals surface area contributed by atoms with Crippen molar-refractivity contribution in [2.24, 2.45) is 5.41 Å². The van der Waals surface area contributed by atoms with Gasteiger partial charge in [-0.05, 0) is 58.4 Å². The zero-order valence-electron chi connectivity index (χ0n) is 20.7. The van der Waals surface area contributed by atoms with Gasteiger partial charge in [0.05, 0.1) is 5.60 Å². The minimum atomic E-state index is -0.155. The van der Waals surface area contributed by atoms with Crippen molar-refractivity contribution in [3.05, 3.63) is 60.3 Å². The summed E-state index contributed by atoms with van der Waals surface area (Å²) in [7, 11) is 0. The Bertz CT molecular complexity index is 623. The summed E-state index contributed by atoms with van der Waals surface area (Å²) in [4.78, 5) is 0. The molecule has 0 amide bonds. The minimum absolute atomic E-state index is 0.0335. The molecule has 2 unspecified atom stereocenters. The van der Waals surface area contributed by atoms with E-state index in [-0.39, 0.29) is 11.0 Å². The molecular formula is C29H47BrO. The fourth-order valence-electron chi connectivity index (χ4n) is 3.73. The van der Waals surface area contributed by atoms with Crippen LogP contribution in [0.5, 0.6) is 0 Å². The van der Waals surface area contributed by atoms with Gasteiger partial charge in [0.1, 0.15) is 0 Å². The summed E-state index contributed by atoms with van der Waals surface area (Å²) in [5, 5.41) is 1.15. The lowest BCUT2D eigenvalue weighted by Crippen LogP contribution is -2.27. The van der Waals surface area contributed by atoms with Crippen LogP contribution < -0.4 is 0 Å². The average molecular weight is 492 g/mol. The Kier molecular flexibility index (Phi) is 14.4. The standard InChI is InChI=1S/C29H47BrO/c1-6-28(4,20-15-16-26(2)3)21-17-27-18-22-29(5,23-19-27)31-25-14-12-10-8-7-9-11-13-24-30/h6,16-19,21-22H,1,7-15,20,23-25H2,2-5H3/b21-17+. The first-order valence-electron chi connectivity index (χ1n) is 12.4. The van der Waals surface area contributed by atoms with E-state index in [1.807, 2.05) is 0 Å². The normalized spacial score (nSPS) is 20.5. The van der Waals surface area contributed by atoms with E-state index < -0.39 is 0 Å². The molecule has 0 aromatic carbocycles. The van der Waals surface area contributed by atoms with E-state index >= 15 is 0 Å². The summed E-state index contributed by atoms with van der Waals surface area (Å²) in [5.74, 6) is 0. The van der Waals surface area contributed by atoms with E-state index in [0.717, 1.165) is 31.2 Å². The molecule has 2 heteroatoms. The molecule has 0 saturated heterocycles. The van der Waals surface area contributed by atoms with Crippen LogP contribution in [0.1, 0.15) is 98.3 Å². The molecule has 0 saturated carbocycles. The molecule has 176 valence electrons. The quantitative estimate of drug-likeness (QED) is 0.112.